The highest BCUT2D eigenvalue weighted by atomic mass is 16.5. The third-order valence-corrected chi connectivity index (χ3v) is 10.7. The summed E-state index contributed by atoms with van der Waals surface area (Å²) >= 11 is 0. The normalized spacial score (nSPS) is 45.3. The Kier molecular flexibility index (Phi) is 4.40. The van der Waals surface area contributed by atoms with E-state index in [0.717, 1.165) is 56.3 Å². The molecule has 5 heteroatoms. The number of fused-ring (bicyclic) bond motifs is 4. The van der Waals surface area contributed by atoms with Crippen LogP contribution in [0.3, 0.4) is 0 Å². The monoisotopic (exact) mass is 452 g/mol. The molecule has 2 heterocycles. The van der Waals surface area contributed by atoms with Crippen molar-refractivity contribution >= 4 is 11.9 Å². The topological polar surface area (TPSA) is 61.8 Å². The molecule has 5 aliphatic rings. The number of cyclic esters (lactones) is 1. The number of rotatable bonds is 1. The van der Waals surface area contributed by atoms with Crippen molar-refractivity contribution in [1.82, 2.24) is 0 Å². The number of hydrogen-bond acceptors (Lipinski definition) is 5. The molecule has 2 aliphatic heterocycles. The molecule has 6 rings (SSSR count). The van der Waals surface area contributed by atoms with Gasteiger partial charge in [0.25, 0.3) is 0 Å². The second kappa shape index (κ2) is 6.76. The summed E-state index contributed by atoms with van der Waals surface area (Å²) < 4.78 is 18.1. The number of carbonyl (C=O) groups excluding carboxylic acids is 2. The minimum atomic E-state index is -0.312. The fraction of sp³-hybridized carbons (Fsp3) is 0.714. The lowest BCUT2D eigenvalue weighted by molar-refractivity contribution is -0.255. The van der Waals surface area contributed by atoms with Gasteiger partial charge in [-0.15, -0.1) is 0 Å². The molecular formula is C28H36O5. The van der Waals surface area contributed by atoms with E-state index in [1.165, 1.54) is 13.3 Å². The van der Waals surface area contributed by atoms with Crippen molar-refractivity contribution in [2.24, 2.45) is 34.0 Å². The Labute approximate surface area is 196 Å². The first-order valence-corrected chi connectivity index (χ1v) is 12.8. The van der Waals surface area contributed by atoms with Gasteiger partial charge in [-0.25, -0.2) is 0 Å². The first kappa shape index (κ1) is 21.5. The van der Waals surface area contributed by atoms with Crippen molar-refractivity contribution in [3.05, 3.63) is 23.8 Å². The zero-order valence-electron chi connectivity index (χ0n) is 20.4. The van der Waals surface area contributed by atoms with Gasteiger partial charge in [0.1, 0.15) is 17.1 Å². The van der Waals surface area contributed by atoms with Crippen LogP contribution in [0.2, 0.25) is 0 Å². The maximum atomic E-state index is 12.9. The minimum absolute atomic E-state index is 0.0417. The van der Waals surface area contributed by atoms with Gasteiger partial charge in [0.05, 0.1) is 12.0 Å². The largest absolute Gasteiger partial charge is 0.487 e. The third kappa shape index (κ3) is 2.77. The fourth-order valence-corrected chi connectivity index (χ4v) is 9.38. The van der Waals surface area contributed by atoms with Crippen molar-refractivity contribution in [3.8, 4) is 11.5 Å². The van der Waals surface area contributed by atoms with Crippen LogP contribution in [0.5, 0.6) is 11.5 Å². The minimum Gasteiger partial charge on any atom is -0.487 e. The number of carbonyl (C=O) groups is 2. The molecule has 4 fully saturated rings. The molecular weight excluding hydrogens is 416 g/mol. The fourth-order valence-electron chi connectivity index (χ4n) is 9.38. The lowest BCUT2D eigenvalue weighted by Crippen LogP contribution is -2.69. The van der Waals surface area contributed by atoms with Crippen LogP contribution < -0.4 is 9.47 Å². The Hall–Kier alpha value is -2.04. The molecule has 0 aromatic heterocycles. The van der Waals surface area contributed by atoms with Crippen molar-refractivity contribution in [3.63, 3.8) is 0 Å². The van der Waals surface area contributed by atoms with E-state index in [-0.39, 0.29) is 33.8 Å². The highest BCUT2D eigenvalue weighted by Crippen LogP contribution is 2.72. The molecule has 0 amide bonds. The predicted molar refractivity (Wildman–Crippen MR) is 123 cm³/mol. The zero-order valence-corrected chi connectivity index (χ0v) is 20.4. The van der Waals surface area contributed by atoms with Gasteiger partial charge in [-0.1, -0.05) is 13.3 Å². The number of hydrogen-bond donors (Lipinski definition) is 0. The quantitative estimate of drug-likeness (QED) is 0.417. The average Bonchev–Trinajstić information content (AvgIpc) is 2.75. The second-order valence-electron chi connectivity index (χ2n) is 12.3. The third-order valence-electron chi connectivity index (χ3n) is 10.7. The van der Waals surface area contributed by atoms with E-state index in [1.54, 1.807) is 0 Å². The van der Waals surface area contributed by atoms with Crippen LogP contribution in [0, 0.1) is 34.0 Å². The zero-order chi connectivity index (χ0) is 23.2. The van der Waals surface area contributed by atoms with E-state index in [2.05, 4.69) is 20.8 Å². The molecule has 3 unspecified atom stereocenters. The predicted octanol–water partition coefficient (Wildman–Crippen LogP) is 5.48. The first-order valence-electron chi connectivity index (χ1n) is 12.8. The Balaban J connectivity index is 1.39. The molecule has 0 radical (unpaired) electrons. The molecule has 0 spiro atoms. The maximum Gasteiger partial charge on any atom is 0.312 e. The van der Waals surface area contributed by atoms with E-state index < -0.39 is 0 Å². The SMILES string of the molecule is CC(=O)Oc1ccc2c(c1)CC1[C@]3(C)CCC4[C@]5(CCC[C@]4(C)C(=O)OC5)C3CC[C@]1(C)O2. The highest BCUT2D eigenvalue weighted by Gasteiger charge is 2.70. The van der Waals surface area contributed by atoms with E-state index in [4.69, 9.17) is 14.2 Å². The van der Waals surface area contributed by atoms with Crippen LogP contribution in [-0.2, 0) is 20.7 Å². The molecule has 5 nitrogen and oxygen atoms in total. The van der Waals surface area contributed by atoms with E-state index in [9.17, 15) is 9.59 Å². The highest BCUT2D eigenvalue weighted by molar-refractivity contribution is 5.78. The molecule has 1 aromatic rings. The van der Waals surface area contributed by atoms with Gasteiger partial charge in [-0.3, -0.25) is 9.59 Å². The molecule has 1 saturated heterocycles. The van der Waals surface area contributed by atoms with Crippen molar-refractivity contribution in [1.29, 1.82) is 0 Å². The van der Waals surface area contributed by atoms with Crippen molar-refractivity contribution in [2.75, 3.05) is 6.61 Å². The molecule has 2 bridgehead atoms. The maximum absolute atomic E-state index is 12.9. The van der Waals surface area contributed by atoms with E-state index in [0.29, 0.717) is 30.1 Å². The summed E-state index contributed by atoms with van der Waals surface area (Å²) in [4.78, 5) is 24.4. The molecule has 1 aromatic carbocycles. The Morgan fingerprint density at radius 1 is 1.03 bits per heavy atom. The van der Waals surface area contributed by atoms with E-state index in [1.807, 2.05) is 18.2 Å². The van der Waals surface area contributed by atoms with Gasteiger partial charge in [0.15, 0.2) is 0 Å². The van der Waals surface area contributed by atoms with Gasteiger partial charge in [0.2, 0.25) is 0 Å². The molecule has 0 N–H and O–H groups in total. The smallest absolute Gasteiger partial charge is 0.312 e. The lowest BCUT2D eigenvalue weighted by Gasteiger charge is -2.70. The summed E-state index contributed by atoms with van der Waals surface area (Å²) in [6, 6.07) is 5.79. The summed E-state index contributed by atoms with van der Waals surface area (Å²) in [5.41, 5.74) is 0.859. The number of benzene rings is 1. The van der Waals surface area contributed by atoms with Gasteiger partial charge in [0, 0.05) is 18.3 Å². The van der Waals surface area contributed by atoms with Crippen LogP contribution in [0.4, 0.5) is 0 Å². The first-order chi connectivity index (χ1) is 15.6. The summed E-state index contributed by atoms with van der Waals surface area (Å²) in [5.74, 6) is 2.62. The van der Waals surface area contributed by atoms with Crippen LogP contribution in [0.1, 0.15) is 78.2 Å². The number of ether oxygens (including phenoxy) is 3. The average molecular weight is 453 g/mol. The van der Waals surface area contributed by atoms with Crippen LogP contribution >= 0.6 is 0 Å². The lowest BCUT2D eigenvalue weighted by atomic mass is 9.36. The number of esters is 2. The summed E-state index contributed by atoms with van der Waals surface area (Å²) in [7, 11) is 0. The van der Waals surface area contributed by atoms with Crippen LogP contribution in [0.15, 0.2) is 18.2 Å². The van der Waals surface area contributed by atoms with Gasteiger partial charge < -0.3 is 14.2 Å². The van der Waals surface area contributed by atoms with Gasteiger partial charge in [-0.2, -0.15) is 0 Å². The Morgan fingerprint density at radius 3 is 2.61 bits per heavy atom. The van der Waals surface area contributed by atoms with Crippen molar-refractivity contribution in [2.45, 2.75) is 84.7 Å². The van der Waals surface area contributed by atoms with Gasteiger partial charge in [-0.05, 0) is 99.8 Å². The van der Waals surface area contributed by atoms with Crippen molar-refractivity contribution < 1.29 is 23.8 Å². The summed E-state index contributed by atoms with van der Waals surface area (Å²) in [6.45, 7) is 9.02. The Bertz CT molecular complexity index is 1030. The van der Waals surface area contributed by atoms with Gasteiger partial charge >= 0.3 is 11.9 Å². The molecule has 3 aliphatic carbocycles. The molecule has 3 saturated carbocycles. The standard InChI is InChI=1S/C28H36O5/c1-17(29)32-19-6-7-20-18(14-19)15-23-25(2)12-8-22-26(3)10-5-11-28(22,16-31-24(26)30)21(25)9-13-27(23,4)33-20/h6-7,14,21-23H,5,8-13,15-16H2,1-4H3/t21?,22?,23?,25-,26+,27+,28+/m1/s1. The summed E-state index contributed by atoms with van der Waals surface area (Å²) in [6.07, 6.45) is 8.61. The van der Waals surface area contributed by atoms with E-state index >= 15 is 0 Å². The van der Waals surface area contributed by atoms with Crippen LogP contribution in [0.25, 0.3) is 0 Å². The van der Waals surface area contributed by atoms with Crippen LogP contribution in [-0.4, -0.2) is 24.1 Å². The molecule has 7 atom stereocenters. The second-order valence-corrected chi connectivity index (χ2v) is 12.3. The molecule has 178 valence electrons. The Morgan fingerprint density at radius 2 is 1.82 bits per heavy atom. The molecule has 33 heavy (non-hydrogen) atoms. The summed E-state index contributed by atoms with van der Waals surface area (Å²) in [5, 5.41) is 0.